The summed E-state index contributed by atoms with van der Waals surface area (Å²) in [5.74, 6) is 1.40. The van der Waals surface area contributed by atoms with Gasteiger partial charge in [-0.05, 0) is 18.2 Å². The number of pyridine rings is 1. The van der Waals surface area contributed by atoms with Crippen molar-refractivity contribution in [2.75, 3.05) is 38.8 Å². The molecule has 148 valence electrons. The summed E-state index contributed by atoms with van der Waals surface area (Å²) in [5.41, 5.74) is 1.68. The van der Waals surface area contributed by atoms with Crippen LogP contribution in [0.25, 0.3) is 0 Å². The van der Waals surface area contributed by atoms with Gasteiger partial charge in [-0.25, -0.2) is 4.98 Å². The van der Waals surface area contributed by atoms with Crippen LogP contribution in [0, 0.1) is 0 Å². The molecule has 0 saturated carbocycles. The summed E-state index contributed by atoms with van der Waals surface area (Å²) in [5, 5.41) is 0. The van der Waals surface area contributed by atoms with Crippen molar-refractivity contribution in [3.05, 3.63) is 48.2 Å². The number of nitrogens with zero attached hydrogens (tertiary/aromatic N) is 3. The van der Waals surface area contributed by atoms with Gasteiger partial charge < -0.3 is 19.1 Å². The first-order valence-electron chi connectivity index (χ1n) is 9.49. The number of aromatic nitrogens is 1. The number of para-hydroxylation sites is 2. The topological polar surface area (TPSA) is 64.1 Å². The van der Waals surface area contributed by atoms with Crippen LogP contribution < -0.4 is 14.4 Å². The van der Waals surface area contributed by atoms with Gasteiger partial charge in [0.05, 0.1) is 31.1 Å². The Balaban J connectivity index is 1.62. The number of ether oxygens (including phenoxy) is 3. The number of carbonyl (C=O) groups excluding carboxylic acids is 1. The van der Waals surface area contributed by atoms with Gasteiger partial charge in [-0.2, -0.15) is 0 Å². The number of amides is 1. The molecule has 1 aromatic heterocycles. The van der Waals surface area contributed by atoms with Crippen LogP contribution in [0.2, 0.25) is 0 Å². The van der Waals surface area contributed by atoms with Gasteiger partial charge in [0.25, 0.3) is 0 Å². The maximum Gasteiger partial charge on any atom is 0.244 e. The van der Waals surface area contributed by atoms with Crippen molar-refractivity contribution in [3.8, 4) is 11.6 Å². The molecule has 2 bridgehead atoms. The third kappa shape index (κ3) is 3.68. The van der Waals surface area contributed by atoms with E-state index in [2.05, 4.69) is 9.88 Å². The van der Waals surface area contributed by atoms with Gasteiger partial charge in [0.2, 0.25) is 11.8 Å². The number of likely N-dealkylation sites (tertiary alicyclic amines) is 1. The molecule has 28 heavy (non-hydrogen) atoms. The lowest BCUT2D eigenvalue weighted by Crippen LogP contribution is -2.47. The van der Waals surface area contributed by atoms with E-state index in [4.69, 9.17) is 14.2 Å². The molecule has 1 aromatic carbocycles. The van der Waals surface area contributed by atoms with Gasteiger partial charge in [-0.1, -0.05) is 18.2 Å². The van der Waals surface area contributed by atoms with E-state index in [1.165, 1.54) is 0 Å². The Labute approximate surface area is 164 Å². The Kier molecular flexibility index (Phi) is 5.45. The second-order valence-corrected chi connectivity index (χ2v) is 7.04. The average Bonchev–Trinajstić information content (AvgIpc) is 3.11. The molecule has 0 radical (unpaired) electrons. The van der Waals surface area contributed by atoms with Crippen LogP contribution >= 0.6 is 0 Å². The predicted octanol–water partition coefficient (Wildman–Crippen LogP) is 2.11. The van der Waals surface area contributed by atoms with Crippen LogP contribution in [-0.2, 0) is 16.1 Å². The molecule has 7 heteroatoms. The van der Waals surface area contributed by atoms with Crippen LogP contribution in [0.3, 0.4) is 0 Å². The van der Waals surface area contributed by atoms with Crippen LogP contribution in [-0.4, -0.2) is 61.9 Å². The SMILES string of the molecule is COCCN1C(=O)C2CC(CN2Cc2cccc(OC)n2)Oc2ccccc21. The smallest absolute Gasteiger partial charge is 0.244 e. The molecule has 2 atom stereocenters. The summed E-state index contributed by atoms with van der Waals surface area (Å²) in [7, 11) is 3.24. The van der Waals surface area contributed by atoms with Crippen LogP contribution in [0.4, 0.5) is 5.69 Å². The molecule has 1 amide bonds. The Morgan fingerprint density at radius 2 is 2.04 bits per heavy atom. The summed E-state index contributed by atoms with van der Waals surface area (Å²) in [6, 6.07) is 13.2. The van der Waals surface area contributed by atoms with Crippen molar-refractivity contribution in [2.45, 2.75) is 25.1 Å². The lowest BCUT2D eigenvalue weighted by atomic mass is 10.1. The van der Waals surface area contributed by atoms with E-state index in [-0.39, 0.29) is 18.1 Å². The van der Waals surface area contributed by atoms with E-state index in [9.17, 15) is 4.79 Å². The minimum Gasteiger partial charge on any atom is -0.487 e. The van der Waals surface area contributed by atoms with Gasteiger partial charge in [-0.15, -0.1) is 0 Å². The second kappa shape index (κ2) is 8.16. The summed E-state index contributed by atoms with van der Waals surface area (Å²) in [6.45, 7) is 2.21. The Morgan fingerprint density at radius 3 is 2.86 bits per heavy atom. The maximum atomic E-state index is 13.5. The summed E-state index contributed by atoms with van der Waals surface area (Å²) >= 11 is 0. The zero-order valence-electron chi connectivity index (χ0n) is 16.2. The molecule has 0 aliphatic carbocycles. The quantitative estimate of drug-likeness (QED) is 0.761. The fraction of sp³-hybridized carbons (Fsp3) is 0.429. The standard InChI is InChI=1S/C21H25N3O4/c1-26-11-10-24-17-7-3-4-8-19(17)28-16-12-18(21(24)25)23(14-16)13-15-6-5-9-20(22-15)27-2/h3-9,16,18H,10-14H2,1-2H3. The highest BCUT2D eigenvalue weighted by Crippen LogP contribution is 2.36. The van der Waals surface area contributed by atoms with E-state index < -0.39 is 0 Å². The van der Waals surface area contributed by atoms with Crippen LogP contribution in [0.1, 0.15) is 12.1 Å². The minimum absolute atomic E-state index is 0.0229. The van der Waals surface area contributed by atoms with E-state index in [1.54, 1.807) is 19.1 Å². The van der Waals surface area contributed by atoms with E-state index >= 15 is 0 Å². The molecule has 2 aromatic rings. The van der Waals surface area contributed by atoms with Gasteiger partial charge in [0, 0.05) is 39.2 Å². The van der Waals surface area contributed by atoms with E-state index in [1.807, 2.05) is 42.5 Å². The van der Waals surface area contributed by atoms with Gasteiger partial charge in [0.1, 0.15) is 11.9 Å². The van der Waals surface area contributed by atoms with Gasteiger partial charge in [0.15, 0.2) is 0 Å². The molecule has 1 saturated heterocycles. The van der Waals surface area contributed by atoms with Crippen molar-refractivity contribution in [1.82, 2.24) is 9.88 Å². The maximum absolute atomic E-state index is 13.5. The highest BCUT2D eigenvalue weighted by Gasteiger charge is 2.42. The molecular formula is C21H25N3O4. The first-order chi connectivity index (χ1) is 13.7. The highest BCUT2D eigenvalue weighted by molar-refractivity contribution is 5.99. The molecule has 1 fully saturated rings. The summed E-state index contributed by atoms with van der Waals surface area (Å²) < 4.78 is 16.7. The summed E-state index contributed by atoms with van der Waals surface area (Å²) in [4.78, 5) is 21.9. The second-order valence-electron chi connectivity index (χ2n) is 7.04. The first kappa shape index (κ1) is 18.7. The Hall–Kier alpha value is -2.64. The third-order valence-electron chi connectivity index (χ3n) is 5.24. The van der Waals surface area contributed by atoms with Crippen molar-refractivity contribution in [1.29, 1.82) is 0 Å². The molecule has 0 spiro atoms. The van der Waals surface area contributed by atoms with Crippen molar-refractivity contribution < 1.29 is 19.0 Å². The number of hydrogen-bond donors (Lipinski definition) is 0. The highest BCUT2D eigenvalue weighted by atomic mass is 16.5. The predicted molar refractivity (Wildman–Crippen MR) is 105 cm³/mol. The molecule has 7 nitrogen and oxygen atoms in total. The monoisotopic (exact) mass is 383 g/mol. The normalized spacial score (nSPS) is 21.6. The van der Waals surface area contributed by atoms with Crippen LogP contribution in [0.15, 0.2) is 42.5 Å². The number of rotatable bonds is 6. The lowest BCUT2D eigenvalue weighted by molar-refractivity contribution is -0.123. The fourth-order valence-corrected chi connectivity index (χ4v) is 3.92. The van der Waals surface area contributed by atoms with Gasteiger partial charge in [-0.3, -0.25) is 9.69 Å². The summed E-state index contributed by atoms with van der Waals surface area (Å²) in [6.07, 6.45) is 0.644. The van der Waals surface area contributed by atoms with Crippen molar-refractivity contribution in [2.24, 2.45) is 0 Å². The molecule has 2 aliphatic rings. The van der Waals surface area contributed by atoms with Crippen molar-refractivity contribution in [3.63, 3.8) is 0 Å². The largest absolute Gasteiger partial charge is 0.487 e. The average molecular weight is 383 g/mol. The first-order valence-corrected chi connectivity index (χ1v) is 9.49. The van der Waals surface area contributed by atoms with Crippen LogP contribution in [0.5, 0.6) is 11.6 Å². The van der Waals surface area contributed by atoms with E-state index in [0.717, 1.165) is 17.1 Å². The molecule has 3 heterocycles. The number of methoxy groups -OCH3 is 2. The number of anilines is 1. The Bertz CT molecular complexity index is 844. The van der Waals surface area contributed by atoms with Gasteiger partial charge >= 0.3 is 0 Å². The lowest BCUT2D eigenvalue weighted by Gasteiger charge is -2.31. The number of carbonyl (C=O) groups is 1. The van der Waals surface area contributed by atoms with Crippen molar-refractivity contribution >= 4 is 11.6 Å². The number of benzene rings is 1. The molecular weight excluding hydrogens is 358 g/mol. The van der Waals surface area contributed by atoms with E-state index in [0.29, 0.717) is 38.5 Å². The third-order valence-corrected chi connectivity index (χ3v) is 5.24. The number of fused-ring (bicyclic) bond motifs is 3. The molecule has 2 aliphatic heterocycles. The zero-order valence-corrected chi connectivity index (χ0v) is 16.2. The zero-order chi connectivity index (χ0) is 19.5. The molecule has 2 unspecified atom stereocenters. The molecule has 4 rings (SSSR count). The molecule has 0 N–H and O–H groups in total. The minimum atomic E-state index is -0.247. The Morgan fingerprint density at radius 1 is 1.18 bits per heavy atom. The fourth-order valence-electron chi connectivity index (χ4n) is 3.92. The number of hydrogen-bond acceptors (Lipinski definition) is 6.